The molecule has 5 nitrogen and oxygen atoms in total. The minimum Gasteiger partial charge on any atom is -0.497 e. The van der Waals surface area contributed by atoms with E-state index in [0.717, 1.165) is 42.4 Å². The minimum atomic E-state index is 0.132. The molecule has 0 radical (unpaired) electrons. The van der Waals surface area contributed by atoms with Crippen molar-refractivity contribution in [3.8, 4) is 5.75 Å². The van der Waals surface area contributed by atoms with E-state index in [2.05, 4.69) is 22.1 Å². The number of hydrogen-bond donors (Lipinski definition) is 1. The number of aryl methyl sites for hydroxylation is 1. The Morgan fingerprint density at radius 2 is 2.33 bits per heavy atom. The summed E-state index contributed by atoms with van der Waals surface area (Å²) in [6.45, 7) is 5.83. The molecule has 1 N–H and O–H groups in total. The van der Waals surface area contributed by atoms with Crippen molar-refractivity contribution < 1.29 is 9.53 Å². The molecule has 1 aromatic heterocycles. The van der Waals surface area contributed by atoms with Crippen LogP contribution in [-0.4, -0.2) is 36.0 Å². The molecule has 0 aliphatic carbocycles. The summed E-state index contributed by atoms with van der Waals surface area (Å²) in [4.78, 5) is 20.4. The summed E-state index contributed by atoms with van der Waals surface area (Å²) in [6, 6.07) is 7.82. The highest BCUT2D eigenvalue weighted by Gasteiger charge is 2.21. The van der Waals surface area contributed by atoms with E-state index in [-0.39, 0.29) is 5.91 Å². The average Bonchev–Trinajstić information content (AvgIpc) is 3.10. The first-order chi connectivity index (χ1) is 13.1. The number of carbonyl (C=O) groups is 1. The Kier molecular flexibility index (Phi) is 7.24. The number of benzene rings is 1. The fourth-order valence-electron chi connectivity index (χ4n) is 3.64. The summed E-state index contributed by atoms with van der Waals surface area (Å²) in [5.41, 5.74) is 1.06. The van der Waals surface area contributed by atoms with Crippen molar-refractivity contribution in [2.24, 2.45) is 5.92 Å². The maximum atomic E-state index is 12.2. The molecule has 0 spiro atoms. The molecular weight excluding hydrogens is 358 g/mol. The lowest BCUT2D eigenvalue weighted by molar-refractivity contribution is -0.121. The third kappa shape index (κ3) is 6.33. The normalized spacial score (nSPS) is 17.6. The second kappa shape index (κ2) is 9.85. The summed E-state index contributed by atoms with van der Waals surface area (Å²) in [6.07, 6.45) is 6.00. The van der Waals surface area contributed by atoms with Crippen LogP contribution in [0.3, 0.4) is 0 Å². The Labute approximate surface area is 165 Å². The van der Waals surface area contributed by atoms with E-state index in [1.807, 2.05) is 30.5 Å². The van der Waals surface area contributed by atoms with Gasteiger partial charge in [-0.25, -0.2) is 4.98 Å². The van der Waals surface area contributed by atoms with Crippen LogP contribution >= 0.6 is 11.3 Å². The molecule has 0 saturated carbocycles. The second-order valence-corrected chi connectivity index (χ2v) is 8.58. The van der Waals surface area contributed by atoms with Crippen molar-refractivity contribution in [3.63, 3.8) is 0 Å². The number of likely N-dealkylation sites (tertiary alicyclic amines) is 1. The number of piperidine rings is 1. The number of amides is 1. The van der Waals surface area contributed by atoms with Crippen molar-refractivity contribution >= 4 is 17.2 Å². The molecule has 0 bridgehead atoms. The minimum absolute atomic E-state index is 0.132. The maximum Gasteiger partial charge on any atom is 0.220 e. The Hall–Kier alpha value is -1.92. The van der Waals surface area contributed by atoms with E-state index < -0.39 is 0 Å². The van der Waals surface area contributed by atoms with Gasteiger partial charge >= 0.3 is 0 Å². The van der Waals surface area contributed by atoms with Crippen molar-refractivity contribution in [3.05, 3.63) is 45.9 Å². The van der Waals surface area contributed by atoms with Crippen molar-refractivity contribution in [1.82, 2.24) is 15.2 Å². The fourth-order valence-corrected chi connectivity index (χ4v) is 4.47. The topological polar surface area (TPSA) is 54.5 Å². The summed E-state index contributed by atoms with van der Waals surface area (Å²) in [5.74, 6) is 1.56. The van der Waals surface area contributed by atoms with Gasteiger partial charge in [-0.1, -0.05) is 12.1 Å². The molecule has 2 aromatic rings. The molecule has 0 unspecified atom stereocenters. The number of rotatable bonds is 8. The summed E-state index contributed by atoms with van der Waals surface area (Å²) >= 11 is 1.78. The van der Waals surface area contributed by atoms with Crippen molar-refractivity contribution in [1.29, 1.82) is 0 Å². The van der Waals surface area contributed by atoms with Crippen LogP contribution in [0.2, 0.25) is 0 Å². The number of thiazole rings is 1. The van der Waals surface area contributed by atoms with Gasteiger partial charge in [0.05, 0.1) is 12.1 Å². The molecule has 2 heterocycles. The second-order valence-electron chi connectivity index (χ2n) is 7.26. The third-order valence-electron chi connectivity index (χ3n) is 5.06. The largest absolute Gasteiger partial charge is 0.497 e. The molecular formula is C21H29N3O2S. The van der Waals surface area contributed by atoms with E-state index in [1.165, 1.54) is 17.7 Å². The van der Waals surface area contributed by atoms with Crippen molar-refractivity contribution in [2.75, 3.05) is 20.2 Å². The zero-order valence-electron chi connectivity index (χ0n) is 16.2. The van der Waals surface area contributed by atoms with Crippen LogP contribution in [0, 0.1) is 12.8 Å². The van der Waals surface area contributed by atoms with Gasteiger partial charge in [-0.15, -0.1) is 11.3 Å². The lowest BCUT2D eigenvalue weighted by Gasteiger charge is -2.32. The first kappa shape index (κ1) is 19.8. The van der Waals surface area contributed by atoms with Gasteiger partial charge < -0.3 is 10.1 Å². The van der Waals surface area contributed by atoms with E-state index >= 15 is 0 Å². The van der Waals surface area contributed by atoms with Gasteiger partial charge in [-0.2, -0.15) is 0 Å². The molecule has 1 aliphatic rings. The third-order valence-corrected chi connectivity index (χ3v) is 5.95. The van der Waals surface area contributed by atoms with Crippen LogP contribution in [-0.2, 0) is 17.9 Å². The van der Waals surface area contributed by atoms with Crippen LogP contribution in [0.25, 0.3) is 0 Å². The molecule has 1 fully saturated rings. The Morgan fingerprint density at radius 1 is 1.44 bits per heavy atom. The van der Waals surface area contributed by atoms with E-state index in [0.29, 0.717) is 18.9 Å². The summed E-state index contributed by atoms with van der Waals surface area (Å²) in [7, 11) is 1.65. The Morgan fingerprint density at radius 3 is 3.11 bits per heavy atom. The highest BCUT2D eigenvalue weighted by molar-refractivity contribution is 7.11. The van der Waals surface area contributed by atoms with Gasteiger partial charge in [-0.05, 0) is 56.3 Å². The smallest absolute Gasteiger partial charge is 0.220 e. The predicted molar refractivity (Wildman–Crippen MR) is 109 cm³/mol. The zero-order chi connectivity index (χ0) is 19.1. The molecule has 3 rings (SSSR count). The van der Waals surface area contributed by atoms with Gasteiger partial charge in [0.2, 0.25) is 5.91 Å². The quantitative estimate of drug-likeness (QED) is 0.749. The van der Waals surface area contributed by atoms with E-state index in [1.54, 1.807) is 18.4 Å². The van der Waals surface area contributed by atoms with Crippen LogP contribution in [0.5, 0.6) is 5.75 Å². The number of ether oxygens (including phenoxy) is 1. The van der Waals surface area contributed by atoms with Gasteiger partial charge in [0.1, 0.15) is 5.75 Å². The van der Waals surface area contributed by atoms with E-state index in [9.17, 15) is 4.79 Å². The number of nitrogens with zero attached hydrogens (tertiary/aromatic N) is 2. The summed E-state index contributed by atoms with van der Waals surface area (Å²) < 4.78 is 5.22. The molecule has 146 valence electrons. The molecule has 1 atom stereocenters. The number of methoxy groups -OCH3 is 1. The molecule has 6 heteroatoms. The van der Waals surface area contributed by atoms with Crippen molar-refractivity contribution in [2.45, 2.75) is 45.7 Å². The number of hydrogen-bond acceptors (Lipinski definition) is 5. The lowest BCUT2D eigenvalue weighted by atomic mass is 9.93. The molecule has 1 aliphatic heterocycles. The Bertz CT molecular complexity index is 747. The molecule has 1 saturated heterocycles. The SMILES string of the molecule is COc1cccc(CNC(=O)CC[C@@H]2CCCN(Cc3cnc(C)s3)C2)c1. The standard InChI is InChI=1S/C21H29N3O2S/c1-16-22-13-20(27-16)15-24-10-4-6-17(14-24)8-9-21(25)23-12-18-5-3-7-19(11-18)26-2/h3,5,7,11,13,17H,4,6,8-10,12,14-15H2,1-2H3,(H,23,25)/t17-/m0/s1. The zero-order valence-corrected chi connectivity index (χ0v) is 17.1. The predicted octanol–water partition coefficient (Wildman–Crippen LogP) is 3.77. The molecule has 1 aromatic carbocycles. The maximum absolute atomic E-state index is 12.2. The average molecular weight is 388 g/mol. The van der Waals surface area contributed by atoms with Crippen LogP contribution in [0.15, 0.2) is 30.5 Å². The van der Waals surface area contributed by atoms with Gasteiger partial charge in [0, 0.05) is 37.1 Å². The number of aromatic nitrogens is 1. The molecule has 1 amide bonds. The van der Waals surface area contributed by atoms with Gasteiger partial charge in [0.25, 0.3) is 0 Å². The van der Waals surface area contributed by atoms with Crippen LogP contribution < -0.4 is 10.1 Å². The van der Waals surface area contributed by atoms with Gasteiger partial charge in [-0.3, -0.25) is 9.69 Å². The monoisotopic (exact) mass is 387 g/mol. The first-order valence-electron chi connectivity index (χ1n) is 9.65. The van der Waals surface area contributed by atoms with Crippen LogP contribution in [0.1, 0.15) is 41.1 Å². The fraction of sp³-hybridized carbons (Fsp3) is 0.524. The highest BCUT2D eigenvalue weighted by Crippen LogP contribution is 2.24. The van der Waals surface area contributed by atoms with E-state index in [4.69, 9.17) is 4.74 Å². The first-order valence-corrected chi connectivity index (χ1v) is 10.5. The Balaban J connectivity index is 1.38. The lowest BCUT2D eigenvalue weighted by Crippen LogP contribution is -2.35. The molecule has 27 heavy (non-hydrogen) atoms. The number of nitrogens with one attached hydrogen (secondary N) is 1. The van der Waals surface area contributed by atoms with Crippen LogP contribution in [0.4, 0.5) is 0 Å². The summed E-state index contributed by atoms with van der Waals surface area (Å²) in [5, 5.41) is 4.16. The van der Waals surface area contributed by atoms with Gasteiger partial charge in [0.15, 0.2) is 0 Å². The number of carbonyl (C=O) groups excluding carboxylic acids is 1. The highest BCUT2D eigenvalue weighted by atomic mass is 32.1.